The van der Waals surface area contributed by atoms with E-state index in [0.29, 0.717) is 35.9 Å². The number of halogens is 1. The van der Waals surface area contributed by atoms with Gasteiger partial charge in [0.15, 0.2) is 0 Å². The van der Waals surface area contributed by atoms with E-state index in [4.69, 9.17) is 16.7 Å². The summed E-state index contributed by atoms with van der Waals surface area (Å²) in [7, 11) is -3.72. The molecule has 2 aromatic carbocycles. The average Bonchev–Trinajstić information content (AvgIpc) is 2.96. The summed E-state index contributed by atoms with van der Waals surface area (Å²) in [5.41, 5.74) is 4.00. The van der Waals surface area contributed by atoms with Gasteiger partial charge in [0.05, 0.1) is 22.7 Å². The molecule has 3 rings (SSSR count). The van der Waals surface area contributed by atoms with Crippen molar-refractivity contribution < 1.29 is 13.2 Å². The molecule has 3 aromatic rings. The van der Waals surface area contributed by atoms with Gasteiger partial charge in [-0.2, -0.15) is 5.10 Å². The molecule has 0 saturated carbocycles. The maximum Gasteiger partial charge on any atom is 0.256 e. The Labute approximate surface area is 180 Å². The van der Waals surface area contributed by atoms with Gasteiger partial charge in [0, 0.05) is 6.54 Å². The fourth-order valence-corrected chi connectivity index (χ4v) is 3.87. The molecule has 3 N–H and O–H groups in total. The molecule has 0 spiro atoms. The Morgan fingerprint density at radius 1 is 1.07 bits per heavy atom. The van der Waals surface area contributed by atoms with E-state index < -0.39 is 10.0 Å². The number of aromatic nitrogens is 2. The molecule has 0 aliphatic rings. The van der Waals surface area contributed by atoms with Gasteiger partial charge in [-0.25, -0.2) is 18.2 Å². The molecule has 0 radical (unpaired) electrons. The molecular formula is C21H23ClN4O3S. The van der Waals surface area contributed by atoms with Crippen molar-refractivity contribution in [1.29, 1.82) is 0 Å². The summed E-state index contributed by atoms with van der Waals surface area (Å²) >= 11 is 6.43. The molecule has 1 amide bonds. The Hall–Kier alpha value is -2.68. The number of hydrogen-bond acceptors (Lipinski definition) is 4. The van der Waals surface area contributed by atoms with Crippen LogP contribution in [0.5, 0.6) is 0 Å². The molecule has 7 nitrogen and oxygen atoms in total. The normalized spacial score (nSPS) is 11.5. The van der Waals surface area contributed by atoms with Gasteiger partial charge in [-0.3, -0.25) is 4.79 Å². The van der Waals surface area contributed by atoms with Crippen molar-refractivity contribution in [3.8, 4) is 0 Å². The topological polar surface area (TPSA) is 107 Å². The van der Waals surface area contributed by atoms with Crippen molar-refractivity contribution >= 4 is 27.5 Å². The van der Waals surface area contributed by atoms with E-state index in [0.717, 1.165) is 11.1 Å². The smallest absolute Gasteiger partial charge is 0.256 e. The summed E-state index contributed by atoms with van der Waals surface area (Å²) in [6, 6.07) is 14.3. The number of rotatable bonds is 7. The van der Waals surface area contributed by atoms with E-state index in [1.807, 2.05) is 31.2 Å². The first-order valence-electron chi connectivity index (χ1n) is 9.33. The van der Waals surface area contributed by atoms with Crippen molar-refractivity contribution in [3.05, 3.63) is 81.6 Å². The highest BCUT2D eigenvalue weighted by atomic mass is 35.5. The molecule has 0 bridgehead atoms. The van der Waals surface area contributed by atoms with Gasteiger partial charge in [-0.1, -0.05) is 53.6 Å². The van der Waals surface area contributed by atoms with Crippen LogP contribution in [0.15, 0.2) is 53.4 Å². The van der Waals surface area contributed by atoms with Crippen molar-refractivity contribution in [1.82, 2.24) is 15.1 Å². The molecule has 158 valence electrons. The van der Waals surface area contributed by atoms with Gasteiger partial charge in [-0.15, -0.1) is 0 Å². The highest BCUT2D eigenvalue weighted by Crippen LogP contribution is 2.21. The molecular weight excluding hydrogens is 424 g/mol. The fraction of sp³-hybridized carbons (Fsp3) is 0.238. The maximum absolute atomic E-state index is 12.6. The molecule has 0 saturated heterocycles. The maximum atomic E-state index is 12.6. The minimum atomic E-state index is -3.72. The number of primary sulfonamides is 1. The predicted octanol–water partition coefficient (Wildman–Crippen LogP) is 2.82. The number of sulfonamides is 1. The minimum absolute atomic E-state index is 0.0543. The minimum Gasteiger partial charge on any atom is -0.352 e. The molecule has 0 aliphatic heterocycles. The van der Waals surface area contributed by atoms with Crippen LogP contribution in [-0.4, -0.2) is 30.7 Å². The fourth-order valence-electron chi connectivity index (χ4n) is 3.04. The summed E-state index contributed by atoms with van der Waals surface area (Å²) in [5, 5.41) is 12.6. The summed E-state index contributed by atoms with van der Waals surface area (Å²) in [6.45, 7) is 4.61. The van der Waals surface area contributed by atoms with Gasteiger partial charge >= 0.3 is 0 Å². The molecule has 0 atom stereocenters. The lowest BCUT2D eigenvalue weighted by Gasteiger charge is -2.07. The molecule has 0 unspecified atom stereocenters. The first-order valence-corrected chi connectivity index (χ1v) is 11.3. The monoisotopic (exact) mass is 446 g/mol. The highest BCUT2D eigenvalue weighted by Gasteiger charge is 2.20. The number of nitrogens with one attached hydrogen (secondary N) is 1. The second kappa shape index (κ2) is 8.99. The summed E-state index contributed by atoms with van der Waals surface area (Å²) < 4.78 is 24.2. The van der Waals surface area contributed by atoms with Crippen LogP contribution >= 0.6 is 11.6 Å². The highest BCUT2D eigenvalue weighted by molar-refractivity contribution is 7.89. The van der Waals surface area contributed by atoms with Gasteiger partial charge in [0.25, 0.3) is 5.91 Å². The number of benzene rings is 2. The number of carbonyl (C=O) groups excluding carboxylic acids is 1. The Morgan fingerprint density at radius 3 is 2.27 bits per heavy atom. The van der Waals surface area contributed by atoms with Crippen LogP contribution in [0.25, 0.3) is 0 Å². The first-order chi connectivity index (χ1) is 14.1. The molecule has 30 heavy (non-hydrogen) atoms. The van der Waals surface area contributed by atoms with Crippen LogP contribution in [0.2, 0.25) is 5.15 Å². The van der Waals surface area contributed by atoms with Crippen LogP contribution in [0, 0.1) is 13.8 Å². The van der Waals surface area contributed by atoms with Crippen LogP contribution < -0.4 is 10.5 Å². The van der Waals surface area contributed by atoms with Gasteiger partial charge in [0.2, 0.25) is 10.0 Å². The standard InChI is InChI=1S/C21H23ClN4O3S/c1-14-3-5-17(6-4-14)13-26-20(22)19(15(2)25-26)21(27)24-12-11-16-7-9-18(10-8-16)30(23,28)29/h3-10H,11-13H2,1-2H3,(H,24,27)(H2,23,28,29). The number of carbonyl (C=O) groups is 1. The van der Waals surface area contributed by atoms with Crippen molar-refractivity contribution in [3.63, 3.8) is 0 Å². The predicted molar refractivity (Wildman–Crippen MR) is 116 cm³/mol. The molecule has 1 aromatic heterocycles. The Balaban J connectivity index is 1.63. The number of aryl methyl sites for hydroxylation is 2. The summed E-state index contributed by atoms with van der Waals surface area (Å²) in [5.74, 6) is -0.297. The molecule has 9 heteroatoms. The number of nitrogens with zero attached hydrogens (tertiary/aromatic N) is 2. The van der Waals surface area contributed by atoms with E-state index in [1.165, 1.54) is 17.7 Å². The van der Waals surface area contributed by atoms with E-state index in [2.05, 4.69) is 10.4 Å². The van der Waals surface area contributed by atoms with E-state index in [-0.39, 0.29) is 10.8 Å². The number of nitrogens with two attached hydrogens (primary N) is 1. The zero-order chi connectivity index (χ0) is 21.9. The zero-order valence-electron chi connectivity index (χ0n) is 16.7. The number of hydrogen-bond donors (Lipinski definition) is 2. The molecule has 0 fully saturated rings. The zero-order valence-corrected chi connectivity index (χ0v) is 18.3. The third-order valence-corrected chi connectivity index (χ3v) is 6.01. The van der Waals surface area contributed by atoms with Gasteiger partial charge in [-0.05, 0) is 43.5 Å². The van der Waals surface area contributed by atoms with E-state index in [1.54, 1.807) is 23.7 Å². The third kappa shape index (κ3) is 5.27. The van der Waals surface area contributed by atoms with Crippen LogP contribution in [0.4, 0.5) is 0 Å². The Bertz CT molecular complexity index is 1150. The largest absolute Gasteiger partial charge is 0.352 e. The quantitative estimate of drug-likeness (QED) is 0.581. The SMILES string of the molecule is Cc1ccc(Cn2nc(C)c(C(=O)NCCc3ccc(S(N)(=O)=O)cc3)c2Cl)cc1. The second-order valence-electron chi connectivity index (χ2n) is 7.09. The first kappa shape index (κ1) is 22.0. The van der Waals surface area contributed by atoms with Crippen LogP contribution in [-0.2, 0) is 23.0 Å². The average molecular weight is 447 g/mol. The molecule has 1 heterocycles. The second-order valence-corrected chi connectivity index (χ2v) is 9.01. The number of amides is 1. The summed E-state index contributed by atoms with van der Waals surface area (Å²) in [4.78, 5) is 12.7. The van der Waals surface area contributed by atoms with Crippen molar-refractivity contribution in [2.45, 2.75) is 31.7 Å². The third-order valence-electron chi connectivity index (χ3n) is 4.70. The lowest BCUT2D eigenvalue weighted by atomic mass is 10.1. The lowest BCUT2D eigenvalue weighted by molar-refractivity contribution is 0.0953. The van der Waals surface area contributed by atoms with Crippen LogP contribution in [0.3, 0.4) is 0 Å². The van der Waals surface area contributed by atoms with Gasteiger partial charge in [0.1, 0.15) is 5.15 Å². The molecule has 0 aliphatic carbocycles. The Morgan fingerprint density at radius 2 is 1.67 bits per heavy atom. The Kier molecular flexibility index (Phi) is 6.60. The van der Waals surface area contributed by atoms with Crippen LogP contribution in [0.1, 0.15) is 32.7 Å². The van der Waals surface area contributed by atoms with Crippen molar-refractivity contribution in [2.24, 2.45) is 5.14 Å². The van der Waals surface area contributed by atoms with Gasteiger partial charge < -0.3 is 5.32 Å². The summed E-state index contributed by atoms with van der Waals surface area (Å²) in [6.07, 6.45) is 0.533. The lowest BCUT2D eigenvalue weighted by Crippen LogP contribution is -2.26. The van der Waals surface area contributed by atoms with E-state index >= 15 is 0 Å². The van der Waals surface area contributed by atoms with Crippen molar-refractivity contribution in [2.75, 3.05) is 6.54 Å². The van der Waals surface area contributed by atoms with E-state index in [9.17, 15) is 13.2 Å².